The summed E-state index contributed by atoms with van der Waals surface area (Å²) in [4.78, 5) is 0. The maximum absolute atomic E-state index is 9.54. The highest BCUT2D eigenvalue weighted by atomic mass is 16.5. The highest BCUT2D eigenvalue weighted by molar-refractivity contribution is 5.42. The minimum atomic E-state index is -0.0964. The molecule has 0 spiro atoms. The lowest BCUT2D eigenvalue weighted by Gasteiger charge is -2.32. The molecule has 1 unspecified atom stereocenters. The molecule has 0 aliphatic heterocycles. The van der Waals surface area contributed by atoms with E-state index in [-0.39, 0.29) is 17.9 Å². The monoisotopic (exact) mass is 251 g/mol. The standard InChI is InChI=1S/C14H21NO3/c1-9(15-8-10-5-12(16)6-10)11-3-4-13(17)14(7-11)18-2/h3-4,7,9-10,12,15-17H,5-6,8H2,1-2H3. The van der Waals surface area contributed by atoms with Crippen LogP contribution in [0.15, 0.2) is 18.2 Å². The number of rotatable bonds is 5. The van der Waals surface area contributed by atoms with Gasteiger partial charge in [0.05, 0.1) is 13.2 Å². The van der Waals surface area contributed by atoms with Crippen molar-refractivity contribution >= 4 is 0 Å². The van der Waals surface area contributed by atoms with Gasteiger partial charge in [0.25, 0.3) is 0 Å². The lowest BCUT2D eigenvalue weighted by Crippen LogP contribution is -2.36. The van der Waals surface area contributed by atoms with Crippen molar-refractivity contribution < 1.29 is 14.9 Å². The molecule has 1 aliphatic rings. The third kappa shape index (κ3) is 2.94. The van der Waals surface area contributed by atoms with E-state index < -0.39 is 0 Å². The van der Waals surface area contributed by atoms with Gasteiger partial charge >= 0.3 is 0 Å². The molecule has 100 valence electrons. The number of phenols is 1. The minimum Gasteiger partial charge on any atom is -0.504 e. The first-order valence-corrected chi connectivity index (χ1v) is 6.38. The summed E-state index contributed by atoms with van der Waals surface area (Å²) in [6, 6.07) is 5.60. The van der Waals surface area contributed by atoms with Gasteiger partial charge in [0.2, 0.25) is 0 Å². The van der Waals surface area contributed by atoms with Gasteiger partial charge in [-0.3, -0.25) is 0 Å². The molecule has 3 N–H and O–H groups in total. The van der Waals surface area contributed by atoms with Crippen molar-refractivity contribution in [1.82, 2.24) is 5.32 Å². The molecule has 1 saturated carbocycles. The molecule has 1 atom stereocenters. The van der Waals surface area contributed by atoms with Crippen molar-refractivity contribution in [2.75, 3.05) is 13.7 Å². The fourth-order valence-corrected chi connectivity index (χ4v) is 2.29. The number of methoxy groups -OCH3 is 1. The minimum absolute atomic E-state index is 0.0964. The highest BCUT2D eigenvalue weighted by Gasteiger charge is 2.27. The summed E-state index contributed by atoms with van der Waals surface area (Å²) in [6.07, 6.45) is 1.71. The second-order valence-corrected chi connectivity index (χ2v) is 5.05. The molecule has 0 aromatic heterocycles. The number of hydrogen-bond donors (Lipinski definition) is 3. The van der Waals surface area contributed by atoms with Gasteiger partial charge in [0, 0.05) is 6.04 Å². The summed E-state index contributed by atoms with van der Waals surface area (Å²) in [5.41, 5.74) is 1.09. The zero-order chi connectivity index (χ0) is 13.1. The second-order valence-electron chi connectivity index (χ2n) is 5.05. The van der Waals surface area contributed by atoms with Gasteiger partial charge in [-0.05, 0) is 49.9 Å². The Balaban J connectivity index is 1.89. The third-order valence-corrected chi connectivity index (χ3v) is 3.63. The molecule has 18 heavy (non-hydrogen) atoms. The summed E-state index contributed by atoms with van der Waals surface area (Å²) in [5, 5.41) is 22.2. The van der Waals surface area contributed by atoms with Crippen LogP contribution in [0.1, 0.15) is 31.4 Å². The summed E-state index contributed by atoms with van der Waals surface area (Å²) in [5.74, 6) is 1.25. The van der Waals surface area contributed by atoms with Gasteiger partial charge in [0.15, 0.2) is 11.5 Å². The molecule has 0 heterocycles. The second kappa shape index (κ2) is 5.59. The zero-order valence-corrected chi connectivity index (χ0v) is 10.9. The molecule has 0 bridgehead atoms. The van der Waals surface area contributed by atoms with E-state index in [1.54, 1.807) is 13.2 Å². The smallest absolute Gasteiger partial charge is 0.160 e. The van der Waals surface area contributed by atoms with E-state index in [9.17, 15) is 10.2 Å². The van der Waals surface area contributed by atoms with Crippen LogP contribution < -0.4 is 10.1 Å². The Morgan fingerprint density at radius 1 is 1.44 bits per heavy atom. The largest absolute Gasteiger partial charge is 0.504 e. The van der Waals surface area contributed by atoms with Crippen LogP contribution in [0.3, 0.4) is 0 Å². The van der Waals surface area contributed by atoms with E-state index in [1.165, 1.54) is 0 Å². The fraction of sp³-hybridized carbons (Fsp3) is 0.571. The Labute approximate surface area is 108 Å². The molecular formula is C14H21NO3. The van der Waals surface area contributed by atoms with Crippen LogP contribution in [0.4, 0.5) is 0 Å². The maximum atomic E-state index is 9.54. The van der Waals surface area contributed by atoms with Crippen molar-refractivity contribution in [3.8, 4) is 11.5 Å². The lowest BCUT2D eigenvalue weighted by molar-refractivity contribution is 0.0420. The highest BCUT2D eigenvalue weighted by Crippen LogP contribution is 2.30. The van der Waals surface area contributed by atoms with Crippen LogP contribution in [0.2, 0.25) is 0 Å². The Kier molecular flexibility index (Phi) is 4.09. The van der Waals surface area contributed by atoms with Crippen LogP contribution in [-0.2, 0) is 0 Å². The quantitative estimate of drug-likeness (QED) is 0.747. The van der Waals surface area contributed by atoms with E-state index in [0.29, 0.717) is 11.7 Å². The Hall–Kier alpha value is -1.26. The van der Waals surface area contributed by atoms with Gasteiger partial charge in [-0.15, -0.1) is 0 Å². The van der Waals surface area contributed by atoms with Gasteiger partial charge in [-0.2, -0.15) is 0 Å². The van der Waals surface area contributed by atoms with Crippen molar-refractivity contribution in [3.05, 3.63) is 23.8 Å². The Morgan fingerprint density at radius 3 is 2.78 bits per heavy atom. The van der Waals surface area contributed by atoms with E-state index in [1.807, 2.05) is 12.1 Å². The SMILES string of the molecule is COc1cc(C(C)NCC2CC(O)C2)ccc1O. The number of ether oxygens (including phenoxy) is 1. The fourth-order valence-electron chi connectivity index (χ4n) is 2.29. The lowest BCUT2D eigenvalue weighted by atomic mass is 9.82. The molecule has 0 radical (unpaired) electrons. The maximum Gasteiger partial charge on any atom is 0.160 e. The molecule has 1 aromatic carbocycles. The topological polar surface area (TPSA) is 61.7 Å². The molecule has 4 heteroatoms. The number of benzene rings is 1. The van der Waals surface area contributed by atoms with Crippen molar-refractivity contribution in [1.29, 1.82) is 0 Å². The van der Waals surface area contributed by atoms with E-state index in [0.717, 1.165) is 24.9 Å². The average molecular weight is 251 g/mol. The first-order chi connectivity index (χ1) is 8.60. The Morgan fingerprint density at radius 2 is 2.17 bits per heavy atom. The van der Waals surface area contributed by atoms with Gasteiger partial charge in [0.1, 0.15) is 0 Å². The molecule has 1 fully saturated rings. The normalized spacial score (nSPS) is 24.4. The molecule has 0 amide bonds. The molecule has 4 nitrogen and oxygen atoms in total. The molecule has 1 aliphatic carbocycles. The van der Waals surface area contributed by atoms with E-state index in [2.05, 4.69) is 12.2 Å². The first-order valence-electron chi connectivity index (χ1n) is 6.38. The van der Waals surface area contributed by atoms with Crippen molar-refractivity contribution in [2.45, 2.75) is 31.9 Å². The van der Waals surface area contributed by atoms with Crippen molar-refractivity contribution in [3.63, 3.8) is 0 Å². The van der Waals surface area contributed by atoms with Crippen LogP contribution in [0.5, 0.6) is 11.5 Å². The number of aromatic hydroxyl groups is 1. The third-order valence-electron chi connectivity index (χ3n) is 3.63. The van der Waals surface area contributed by atoms with Crippen molar-refractivity contribution in [2.24, 2.45) is 5.92 Å². The summed E-state index contributed by atoms with van der Waals surface area (Å²) >= 11 is 0. The van der Waals surface area contributed by atoms with Gasteiger partial charge < -0.3 is 20.3 Å². The van der Waals surface area contributed by atoms with Crippen LogP contribution >= 0.6 is 0 Å². The molecule has 1 aromatic rings. The number of aliphatic hydroxyl groups excluding tert-OH is 1. The Bertz CT molecular complexity index is 402. The average Bonchev–Trinajstić information content (AvgIpc) is 2.33. The van der Waals surface area contributed by atoms with Crippen LogP contribution in [0, 0.1) is 5.92 Å². The number of nitrogens with one attached hydrogen (secondary N) is 1. The molecule has 2 rings (SSSR count). The molecule has 0 saturated heterocycles. The van der Waals surface area contributed by atoms with E-state index >= 15 is 0 Å². The van der Waals surface area contributed by atoms with Gasteiger partial charge in [-0.25, -0.2) is 0 Å². The van der Waals surface area contributed by atoms with Crippen LogP contribution in [0.25, 0.3) is 0 Å². The summed E-state index contributed by atoms with van der Waals surface area (Å²) < 4.78 is 5.10. The van der Waals surface area contributed by atoms with Crippen LogP contribution in [-0.4, -0.2) is 30.0 Å². The first kappa shape index (κ1) is 13.2. The van der Waals surface area contributed by atoms with E-state index in [4.69, 9.17) is 4.74 Å². The summed E-state index contributed by atoms with van der Waals surface area (Å²) in [6.45, 7) is 3.00. The number of phenolic OH excluding ortho intramolecular Hbond substituents is 1. The predicted molar refractivity (Wildman–Crippen MR) is 69.8 cm³/mol. The van der Waals surface area contributed by atoms with Gasteiger partial charge in [-0.1, -0.05) is 6.07 Å². The molecular weight excluding hydrogens is 230 g/mol. The zero-order valence-electron chi connectivity index (χ0n) is 10.9. The number of aliphatic hydroxyl groups is 1. The number of hydrogen-bond acceptors (Lipinski definition) is 4. The summed E-state index contributed by atoms with van der Waals surface area (Å²) in [7, 11) is 1.55. The predicted octanol–water partition coefficient (Wildman–Crippen LogP) is 1.82.